The Balaban J connectivity index is 1.96. The number of nitrogens with zero attached hydrogens (tertiary/aromatic N) is 1. The van der Waals surface area contributed by atoms with Gasteiger partial charge in [0, 0.05) is 29.6 Å². The van der Waals surface area contributed by atoms with Crippen LogP contribution in [0.1, 0.15) is 30.5 Å². The van der Waals surface area contributed by atoms with Crippen LogP contribution in [0.5, 0.6) is 0 Å². The van der Waals surface area contributed by atoms with Gasteiger partial charge in [0.05, 0.1) is 6.42 Å². The van der Waals surface area contributed by atoms with Crippen LogP contribution in [0.25, 0.3) is 0 Å². The van der Waals surface area contributed by atoms with E-state index in [-0.39, 0.29) is 24.8 Å². The molecule has 0 bridgehead atoms. The minimum absolute atomic E-state index is 0.107. The molecule has 0 aromatic heterocycles. The van der Waals surface area contributed by atoms with Gasteiger partial charge in [-0.2, -0.15) is 0 Å². The molecule has 6 heteroatoms. The van der Waals surface area contributed by atoms with Crippen LogP contribution in [0.4, 0.5) is 0 Å². The van der Waals surface area contributed by atoms with E-state index in [9.17, 15) is 9.59 Å². The fraction of sp³-hybridized carbons (Fsp3) is 0.286. The standard InChI is InChI=1S/C28H30Cl2N2O2/c1-20(2)18-31-28(34)26(16-21-8-4-3-5-9-21)32(19-22-12-14-24(29)15-13-22)27(33)17-23-10-6-7-11-25(23)30/h3-15,20,26H,16-19H2,1-2H3,(H,31,34). The van der Waals surface area contributed by atoms with E-state index in [0.717, 1.165) is 16.7 Å². The van der Waals surface area contributed by atoms with Gasteiger partial charge in [-0.15, -0.1) is 0 Å². The third-order valence-corrected chi connectivity index (χ3v) is 6.14. The van der Waals surface area contributed by atoms with Gasteiger partial charge >= 0.3 is 0 Å². The van der Waals surface area contributed by atoms with Gasteiger partial charge in [0.25, 0.3) is 0 Å². The van der Waals surface area contributed by atoms with Gasteiger partial charge in [0.2, 0.25) is 11.8 Å². The molecule has 4 nitrogen and oxygen atoms in total. The molecule has 0 saturated heterocycles. The maximum atomic E-state index is 13.7. The average Bonchev–Trinajstić information content (AvgIpc) is 2.83. The first kappa shape index (κ1) is 25.8. The highest BCUT2D eigenvalue weighted by atomic mass is 35.5. The molecule has 3 aromatic rings. The first-order valence-corrected chi connectivity index (χ1v) is 12.2. The molecule has 3 rings (SSSR count). The van der Waals surface area contributed by atoms with Crippen molar-refractivity contribution in [2.24, 2.45) is 5.92 Å². The van der Waals surface area contributed by atoms with Crippen LogP contribution in [0, 0.1) is 5.92 Å². The lowest BCUT2D eigenvalue weighted by atomic mass is 10.0. The fourth-order valence-corrected chi connectivity index (χ4v) is 4.00. The van der Waals surface area contributed by atoms with Gasteiger partial charge in [-0.1, -0.05) is 97.7 Å². The third-order valence-electron chi connectivity index (χ3n) is 5.52. The van der Waals surface area contributed by atoms with Crippen LogP contribution in [-0.2, 0) is 29.0 Å². The highest BCUT2D eigenvalue weighted by molar-refractivity contribution is 6.31. The molecule has 0 spiro atoms. The molecule has 1 atom stereocenters. The molecule has 1 unspecified atom stereocenters. The van der Waals surface area contributed by atoms with Crippen LogP contribution < -0.4 is 5.32 Å². The molecule has 1 N–H and O–H groups in total. The summed E-state index contributed by atoms with van der Waals surface area (Å²) in [5.74, 6) is -0.0347. The van der Waals surface area contributed by atoms with E-state index in [2.05, 4.69) is 5.32 Å². The minimum atomic E-state index is -0.674. The Morgan fingerprint density at radius 1 is 0.853 bits per heavy atom. The molecule has 2 amide bonds. The normalized spacial score (nSPS) is 11.8. The molecule has 3 aromatic carbocycles. The smallest absolute Gasteiger partial charge is 0.243 e. The molecular formula is C28H30Cl2N2O2. The van der Waals surface area contributed by atoms with E-state index < -0.39 is 6.04 Å². The Morgan fingerprint density at radius 2 is 1.50 bits per heavy atom. The zero-order chi connectivity index (χ0) is 24.5. The summed E-state index contributed by atoms with van der Waals surface area (Å²) in [6.45, 7) is 4.91. The quantitative estimate of drug-likeness (QED) is 0.377. The maximum absolute atomic E-state index is 13.7. The second-order valence-corrected chi connectivity index (χ2v) is 9.60. The van der Waals surface area contributed by atoms with Crippen LogP contribution >= 0.6 is 23.2 Å². The van der Waals surface area contributed by atoms with E-state index in [1.165, 1.54) is 0 Å². The lowest BCUT2D eigenvalue weighted by Gasteiger charge is -2.32. The van der Waals surface area contributed by atoms with E-state index in [4.69, 9.17) is 23.2 Å². The van der Waals surface area contributed by atoms with Gasteiger partial charge in [0.1, 0.15) is 6.04 Å². The van der Waals surface area contributed by atoms with Crippen LogP contribution in [0.3, 0.4) is 0 Å². The highest BCUT2D eigenvalue weighted by Crippen LogP contribution is 2.21. The predicted octanol–water partition coefficient (Wildman–Crippen LogP) is 5.95. The molecule has 0 fully saturated rings. The summed E-state index contributed by atoms with van der Waals surface area (Å²) in [4.78, 5) is 28.7. The molecular weight excluding hydrogens is 467 g/mol. The number of hydrogen-bond acceptors (Lipinski definition) is 2. The van der Waals surface area contributed by atoms with Crippen LogP contribution in [-0.4, -0.2) is 29.3 Å². The SMILES string of the molecule is CC(C)CNC(=O)C(Cc1ccccc1)N(Cc1ccc(Cl)cc1)C(=O)Cc1ccccc1Cl. The van der Waals surface area contributed by atoms with Crippen molar-refractivity contribution >= 4 is 35.0 Å². The topological polar surface area (TPSA) is 49.4 Å². The summed E-state index contributed by atoms with van der Waals surface area (Å²) >= 11 is 12.4. The summed E-state index contributed by atoms with van der Waals surface area (Å²) in [5.41, 5.74) is 2.61. The maximum Gasteiger partial charge on any atom is 0.243 e. The largest absolute Gasteiger partial charge is 0.354 e. The number of hydrogen-bond donors (Lipinski definition) is 1. The first-order valence-electron chi connectivity index (χ1n) is 11.4. The molecule has 0 aliphatic rings. The van der Waals surface area contributed by atoms with Gasteiger partial charge in [-0.3, -0.25) is 9.59 Å². The molecule has 178 valence electrons. The molecule has 0 radical (unpaired) electrons. The number of benzene rings is 3. The third kappa shape index (κ3) is 7.61. The van der Waals surface area contributed by atoms with Crippen molar-refractivity contribution in [1.29, 1.82) is 0 Å². The van der Waals surface area contributed by atoms with Gasteiger partial charge < -0.3 is 10.2 Å². The first-order chi connectivity index (χ1) is 16.3. The second-order valence-electron chi connectivity index (χ2n) is 8.76. The Bertz CT molecular complexity index is 1090. The lowest BCUT2D eigenvalue weighted by Crippen LogP contribution is -2.51. The molecule has 34 heavy (non-hydrogen) atoms. The van der Waals surface area contributed by atoms with E-state index in [1.54, 1.807) is 23.1 Å². The van der Waals surface area contributed by atoms with E-state index in [1.807, 2.05) is 74.5 Å². The van der Waals surface area contributed by atoms with Gasteiger partial charge in [-0.25, -0.2) is 0 Å². The van der Waals surface area contributed by atoms with Crippen molar-refractivity contribution in [2.75, 3.05) is 6.54 Å². The average molecular weight is 497 g/mol. The number of carbonyl (C=O) groups excluding carboxylic acids is 2. The van der Waals surface area contributed by atoms with Gasteiger partial charge in [-0.05, 0) is 40.8 Å². The monoisotopic (exact) mass is 496 g/mol. The molecule has 0 heterocycles. The van der Waals surface area contributed by atoms with Crippen molar-refractivity contribution in [3.63, 3.8) is 0 Å². The van der Waals surface area contributed by atoms with Crippen molar-refractivity contribution in [1.82, 2.24) is 10.2 Å². The van der Waals surface area contributed by atoms with Crippen molar-refractivity contribution in [3.05, 3.63) is 106 Å². The minimum Gasteiger partial charge on any atom is -0.354 e. The fourth-order valence-electron chi connectivity index (χ4n) is 3.67. The number of halogens is 2. The molecule has 0 saturated carbocycles. The number of rotatable bonds is 10. The van der Waals surface area contributed by atoms with Crippen molar-refractivity contribution < 1.29 is 9.59 Å². The number of nitrogens with one attached hydrogen (secondary N) is 1. The predicted molar refractivity (Wildman–Crippen MR) is 139 cm³/mol. The molecule has 0 aliphatic carbocycles. The molecule has 0 aliphatic heterocycles. The highest BCUT2D eigenvalue weighted by Gasteiger charge is 2.30. The van der Waals surface area contributed by atoms with E-state index in [0.29, 0.717) is 28.9 Å². The van der Waals surface area contributed by atoms with Crippen LogP contribution in [0.2, 0.25) is 10.0 Å². The Hall–Kier alpha value is -2.82. The zero-order valence-corrected chi connectivity index (χ0v) is 21.0. The van der Waals surface area contributed by atoms with Crippen molar-refractivity contribution in [2.45, 2.75) is 39.3 Å². The summed E-state index contributed by atoms with van der Waals surface area (Å²) in [6.07, 6.45) is 0.517. The Morgan fingerprint density at radius 3 is 2.15 bits per heavy atom. The zero-order valence-electron chi connectivity index (χ0n) is 19.5. The Kier molecular flexibility index (Phi) is 9.55. The van der Waals surface area contributed by atoms with Crippen molar-refractivity contribution in [3.8, 4) is 0 Å². The van der Waals surface area contributed by atoms with E-state index >= 15 is 0 Å². The summed E-state index contributed by atoms with van der Waals surface area (Å²) in [6, 6.07) is 23.7. The van der Waals surface area contributed by atoms with Crippen LogP contribution in [0.15, 0.2) is 78.9 Å². The number of carbonyl (C=O) groups is 2. The summed E-state index contributed by atoms with van der Waals surface area (Å²) < 4.78 is 0. The summed E-state index contributed by atoms with van der Waals surface area (Å²) in [7, 11) is 0. The lowest BCUT2D eigenvalue weighted by molar-refractivity contribution is -0.140. The number of amides is 2. The Labute approximate surface area is 211 Å². The second kappa shape index (κ2) is 12.6. The summed E-state index contributed by atoms with van der Waals surface area (Å²) in [5, 5.41) is 4.18. The van der Waals surface area contributed by atoms with Gasteiger partial charge in [0.15, 0.2) is 0 Å².